The SMILES string of the molecule is CC(C)c1cc2c(-c3ccc(C(C)(C)C)cc3)cccc2[cH-]1.Cc1cc2c(-c3ccc(C(C)(C)C)cc3)cccc2[cH-]1.[CH3-].[CH3-].[Si]=[Zr]. The zero-order valence-electron chi connectivity index (χ0n) is 30.0. The van der Waals surface area contributed by atoms with Crippen LogP contribution in [0.1, 0.15) is 83.6 Å². The van der Waals surface area contributed by atoms with Gasteiger partial charge in [0.25, 0.3) is 0 Å². The van der Waals surface area contributed by atoms with Crippen LogP contribution in [0, 0.1) is 21.8 Å². The van der Waals surface area contributed by atoms with Crippen LogP contribution in [0.2, 0.25) is 0 Å². The molecule has 0 aliphatic rings. The minimum atomic E-state index is 0. The zero-order chi connectivity index (χ0) is 32.2. The summed E-state index contributed by atoms with van der Waals surface area (Å²) in [6.07, 6.45) is 0. The van der Waals surface area contributed by atoms with E-state index in [2.05, 4.69) is 178 Å². The van der Waals surface area contributed by atoms with Gasteiger partial charge in [-0.05, 0) is 39.0 Å². The molecule has 0 N–H and O–H groups in total. The van der Waals surface area contributed by atoms with Gasteiger partial charge in [0.1, 0.15) is 0 Å². The number of aryl methyl sites for hydroxylation is 1. The van der Waals surface area contributed by atoms with Crippen LogP contribution in [-0.4, -0.2) is 6.88 Å². The predicted octanol–water partition coefficient (Wildman–Crippen LogP) is 13.0. The maximum absolute atomic E-state index is 3.06. The Bertz CT molecular complexity index is 1810. The van der Waals surface area contributed by atoms with Crippen molar-refractivity contribution < 1.29 is 23.3 Å². The minimum absolute atomic E-state index is 0. The van der Waals surface area contributed by atoms with Crippen molar-refractivity contribution >= 4 is 28.4 Å². The number of hydrogen-bond donors (Lipinski definition) is 0. The van der Waals surface area contributed by atoms with Crippen LogP contribution in [0.15, 0.2) is 109 Å². The van der Waals surface area contributed by atoms with E-state index in [4.69, 9.17) is 0 Å². The van der Waals surface area contributed by atoms with Crippen molar-refractivity contribution in [3.63, 3.8) is 0 Å². The van der Waals surface area contributed by atoms with E-state index in [9.17, 15) is 0 Å². The summed E-state index contributed by atoms with van der Waals surface area (Å²) >= 11 is 1.36. The Hall–Kier alpha value is -2.80. The van der Waals surface area contributed by atoms with E-state index in [1.165, 1.54) is 89.4 Å². The molecular formula is C44H52SiZr-4. The van der Waals surface area contributed by atoms with Crippen LogP contribution < -0.4 is 0 Å². The van der Waals surface area contributed by atoms with Gasteiger partial charge in [0.05, 0.1) is 0 Å². The molecule has 0 saturated heterocycles. The van der Waals surface area contributed by atoms with Gasteiger partial charge in [0.2, 0.25) is 0 Å². The maximum atomic E-state index is 3.06. The summed E-state index contributed by atoms with van der Waals surface area (Å²) in [6.45, 7) is 23.3. The molecule has 0 bridgehead atoms. The summed E-state index contributed by atoms with van der Waals surface area (Å²) in [5, 5.41) is 5.41. The molecule has 0 unspecified atom stereocenters. The molecule has 2 heteroatoms. The monoisotopic (exact) mass is 698 g/mol. The normalized spacial score (nSPS) is 11.2. The number of benzene rings is 4. The second-order valence-electron chi connectivity index (χ2n) is 14.2. The van der Waals surface area contributed by atoms with E-state index in [1.54, 1.807) is 0 Å². The second-order valence-corrected chi connectivity index (χ2v) is 14.2. The van der Waals surface area contributed by atoms with Crippen molar-refractivity contribution in [2.75, 3.05) is 0 Å². The van der Waals surface area contributed by atoms with Gasteiger partial charge < -0.3 is 14.9 Å². The average Bonchev–Trinajstić information content (AvgIpc) is 3.61. The molecule has 2 radical (unpaired) electrons. The van der Waals surface area contributed by atoms with Gasteiger partial charge in [-0.3, -0.25) is 0 Å². The first-order chi connectivity index (χ1) is 20.8. The van der Waals surface area contributed by atoms with E-state index in [1.807, 2.05) is 0 Å². The predicted molar refractivity (Wildman–Crippen MR) is 205 cm³/mol. The van der Waals surface area contributed by atoms with Crippen LogP contribution in [0.3, 0.4) is 0 Å². The first-order valence-corrected chi connectivity index (χ1v) is 19.8. The first kappa shape index (κ1) is 39.4. The van der Waals surface area contributed by atoms with Crippen molar-refractivity contribution in [2.45, 2.75) is 79.1 Å². The molecule has 6 rings (SSSR count). The summed E-state index contributed by atoms with van der Waals surface area (Å²) in [4.78, 5) is 0. The van der Waals surface area contributed by atoms with Crippen LogP contribution in [0.25, 0.3) is 43.8 Å². The molecule has 0 saturated carbocycles. The Labute approximate surface area is 297 Å². The van der Waals surface area contributed by atoms with Gasteiger partial charge in [-0.2, -0.15) is 12.1 Å². The molecule has 240 valence electrons. The van der Waals surface area contributed by atoms with E-state index < -0.39 is 0 Å². The van der Waals surface area contributed by atoms with Gasteiger partial charge in [-0.25, -0.2) is 0 Å². The van der Waals surface area contributed by atoms with Crippen LogP contribution in [0.4, 0.5) is 0 Å². The molecular weight excluding hydrogens is 648 g/mol. The van der Waals surface area contributed by atoms with Gasteiger partial charge in [-0.15, -0.1) is 69.1 Å². The summed E-state index contributed by atoms with van der Waals surface area (Å²) in [5.74, 6) is 0.573. The van der Waals surface area contributed by atoms with E-state index in [0.717, 1.165) is 0 Å². The van der Waals surface area contributed by atoms with Crippen molar-refractivity contribution in [1.82, 2.24) is 0 Å². The van der Waals surface area contributed by atoms with E-state index in [0.29, 0.717) is 5.92 Å². The van der Waals surface area contributed by atoms with Crippen molar-refractivity contribution in [2.24, 2.45) is 0 Å². The fraction of sp³-hybridized carbons (Fsp3) is 0.273. The summed E-state index contributed by atoms with van der Waals surface area (Å²) in [6, 6.07) is 40.4. The zero-order valence-corrected chi connectivity index (χ0v) is 33.4. The van der Waals surface area contributed by atoms with Crippen molar-refractivity contribution in [3.8, 4) is 22.3 Å². The van der Waals surface area contributed by atoms with Gasteiger partial charge in [-0.1, -0.05) is 134 Å². The molecule has 0 fully saturated rings. The molecule has 0 spiro atoms. The second kappa shape index (κ2) is 16.3. The van der Waals surface area contributed by atoms with Crippen LogP contribution >= 0.6 is 0 Å². The fourth-order valence-corrected chi connectivity index (χ4v) is 5.78. The standard InChI is InChI=1S/C22H25.C20H21.2CH3.Si.Zr/c1-15(2)18-13-17-7-6-8-20(21(17)14-18)16-9-11-19(12-10-16)22(3,4)5;1-14-12-16-6-5-7-18(19(16)13-14)15-8-10-17(11-9-15)20(2,3)4;;;;/h6-15H,1-5H3;5-13H,1-4H3;2*1H3;;/q4*-1;;. The quantitative estimate of drug-likeness (QED) is 0.127. The molecule has 46 heavy (non-hydrogen) atoms. The number of fused-ring (bicyclic) bond motifs is 2. The van der Waals surface area contributed by atoms with Gasteiger partial charge >= 0.3 is 30.2 Å². The molecule has 0 aliphatic heterocycles. The number of hydrogen-bond acceptors (Lipinski definition) is 0. The topological polar surface area (TPSA) is 0 Å². The molecule has 0 atom stereocenters. The van der Waals surface area contributed by atoms with Gasteiger partial charge in [0, 0.05) is 0 Å². The number of rotatable bonds is 3. The molecule has 0 aliphatic carbocycles. The molecule has 6 aromatic rings. The fourth-order valence-electron chi connectivity index (χ4n) is 5.78. The van der Waals surface area contributed by atoms with Crippen molar-refractivity contribution in [3.05, 3.63) is 146 Å². The Morgan fingerprint density at radius 2 is 0.957 bits per heavy atom. The first-order valence-electron chi connectivity index (χ1n) is 15.6. The van der Waals surface area contributed by atoms with Crippen molar-refractivity contribution in [1.29, 1.82) is 0 Å². The third-order valence-electron chi connectivity index (χ3n) is 8.46. The van der Waals surface area contributed by atoms with E-state index >= 15 is 0 Å². The Balaban J connectivity index is 0.000000293. The van der Waals surface area contributed by atoms with E-state index in [-0.39, 0.29) is 25.7 Å². The van der Waals surface area contributed by atoms with Gasteiger partial charge in [0.15, 0.2) is 0 Å². The third kappa shape index (κ3) is 9.17. The molecule has 6 aromatic carbocycles. The average molecular weight is 700 g/mol. The molecule has 0 amide bonds. The molecule has 0 aromatic heterocycles. The van der Waals surface area contributed by atoms with Crippen LogP contribution in [0.5, 0.6) is 0 Å². The summed E-state index contributed by atoms with van der Waals surface area (Å²) in [5.41, 5.74) is 11.2. The van der Waals surface area contributed by atoms with Crippen LogP contribution in [-0.2, 0) is 34.2 Å². The Kier molecular flexibility index (Phi) is 14.0. The summed E-state index contributed by atoms with van der Waals surface area (Å²) in [7, 11) is 0. The molecule has 0 heterocycles. The molecule has 0 nitrogen and oxygen atoms in total. The third-order valence-corrected chi connectivity index (χ3v) is 8.46. The Morgan fingerprint density at radius 3 is 1.35 bits per heavy atom. The summed E-state index contributed by atoms with van der Waals surface area (Å²) < 4.78 is 0. The Morgan fingerprint density at radius 1 is 0.565 bits per heavy atom.